The summed E-state index contributed by atoms with van der Waals surface area (Å²) in [6.45, 7) is 1.19. The van der Waals surface area contributed by atoms with Gasteiger partial charge in [-0.2, -0.15) is 13.2 Å². The first-order chi connectivity index (χ1) is 8.42. The quantitative estimate of drug-likeness (QED) is 0.733. The molecule has 0 saturated heterocycles. The maximum absolute atomic E-state index is 11.9. The van der Waals surface area contributed by atoms with Crippen LogP contribution in [0.4, 0.5) is 13.2 Å². The number of halogens is 4. The van der Waals surface area contributed by atoms with Gasteiger partial charge in [0.1, 0.15) is 12.4 Å². The fraction of sp³-hybridized carbons (Fsp3) is 0.500. The van der Waals surface area contributed by atoms with Crippen molar-refractivity contribution < 1.29 is 22.6 Å². The molecule has 1 rings (SSSR count). The van der Waals surface area contributed by atoms with Gasteiger partial charge in [-0.05, 0) is 24.6 Å². The van der Waals surface area contributed by atoms with Crippen molar-refractivity contribution in [1.29, 1.82) is 0 Å². The Kier molecular flexibility index (Phi) is 5.95. The molecule has 0 radical (unpaired) electrons. The lowest BCUT2D eigenvalue weighted by Gasteiger charge is -2.13. The van der Waals surface area contributed by atoms with Gasteiger partial charge in [-0.15, -0.1) is 0 Å². The summed E-state index contributed by atoms with van der Waals surface area (Å²) in [7, 11) is 0. The molecule has 0 saturated carbocycles. The first-order valence-electron chi connectivity index (χ1n) is 5.43. The summed E-state index contributed by atoms with van der Waals surface area (Å²) in [6, 6.07) is 7.14. The third-order valence-corrected chi connectivity index (χ3v) is 2.88. The molecule has 1 atom stereocenters. The van der Waals surface area contributed by atoms with E-state index in [9.17, 15) is 13.2 Å². The lowest BCUT2D eigenvalue weighted by atomic mass is 10.1. The second-order valence-electron chi connectivity index (χ2n) is 3.60. The van der Waals surface area contributed by atoms with Crippen molar-refractivity contribution in [2.75, 3.05) is 19.8 Å². The van der Waals surface area contributed by atoms with E-state index >= 15 is 0 Å². The fourth-order valence-corrected chi connectivity index (χ4v) is 1.81. The smallest absolute Gasteiger partial charge is 0.411 e. The van der Waals surface area contributed by atoms with Gasteiger partial charge in [0.25, 0.3) is 0 Å². The molecule has 0 heterocycles. The normalized spacial score (nSPS) is 13.4. The second kappa shape index (κ2) is 6.99. The number of hydrogen-bond acceptors (Lipinski definition) is 2. The van der Waals surface area contributed by atoms with Gasteiger partial charge >= 0.3 is 6.18 Å². The van der Waals surface area contributed by atoms with Crippen molar-refractivity contribution in [2.45, 2.75) is 17.9 Å². The summed E-state index contributed by atoms with van der Waals surface area (Å²) < 4.78 is 45.5. The van der Waals surface area contributed by atoms with Crippen molar-refractivity contribution >= 4 is 15.9 Å². The van der Waals surface area contributed by atoms with Gasteiger partial charge in [0.05, 0.1) is 18.0 Å². The van der Waals surface area contributed by atoms with E-state index in [1.807, 2.05) is 6.92 Å². The highest BCUT2D eigenvalue weighted by Crippen LogP contribution is 2.26. The summed E-state index contributed by atoms with van der Waals surface area (Å²) in [5.41, 5.74) is 0.848. The molecule has 2 nitrogen and oxygen atoms in total. The van der Waals surface area contributed by atoms with Crippen LogP contribution in [0, 0.1) is 0 Å². The lowest BCUT2D eigenvalue weighted by Crippen LogP contribution is -2.18. The summed E-state index contributed by atoms with van der Waals surface area (Å²) in [6.07, 6.45) is -4.29. The van der Waals surface area contributed by atoms with E-state index in [0.29, 0.717) is 6.61 Å². The van der Waals surface area contributed by atoms with Crippen molar-refractivity contribution in [3.05, 3.63) is 29.8 Å². The van der Waals surface area contributed by atoms with Gasteiger partial charge in [0.15, 0.2) is 0 Å². The van der Waals surface area contributed by atoms with Crippen LogP contribution in [0.25, 0.3) is 0 Å². The molecule has 0 aliphatic rings. The molecule has 0 N–H and O–H groups in total. The van der Waals surface area contributed by atoms with E-state index in [-0.39, 0.29) is 11.4 Å². The standard InChI is InChI=1S/C12H14BrF3O2/c1-2-18-10-5-3-9(4-6-10)11(13)7-17-8-12(14,15)16/h3-6,11H,2,7-8H2,1H3. The maximum atomic E-state index is 11.9. The van der Waals surface area contributed by atoms with E-state index in [1.54, 1.807) is 24.3 Å². The highest BCUT2D eigenvalue weighted by atomic mass is 79.9. The Morgan fingerprint density at radius 2 is 1.83 bits per heavy atom. The summed E-state index contributed by atoms with van der Waals surface area (Å²) >= 11 is 3.28. The first kappa shape index (κ1) is 15.3. The minimum absolute atomic E-state index is 0.0342. The van der Waals surface area contributed by atoms with Crippen molar-refractivity contribution in [1.82, 2.24) is 0 Å². The molecule has 6 heteroatoms. The summed E-state index contributed by atoms with van der Waals surface area (Å²) in [4.78, 5) is -0.268. The van der Waals surface area contributed by atoms with Gasteiger partial charge in [0.2, 0.25) is 0 Å². The number of ether oxygens (including phenoxy) is 2. The zero-order valence-electron chi connectivity index (χ0n) is 9.84. The number of hydrogen-bond donors (Lipinski definition) is 0. The second-order valence-corrected chi connectivity index (χ2v) is 4.71. The number of rotatable bonds is 6. The molecule has 0 fully saturated rings. The molecule has 0 aliphatic carbocycles. The average molecular weight is 327 g/mol. The monoisotopic (exact) mass is 326 g/mol. The Hall–Kier alpha value is -0.750. The zero-order valence-corrected chi connectivity index (χ0v) is 11.4. The number of benzene rings is 1. The molecule has 1 unspecified atom stereocenters. The summed E-state index contributed by atoms with van der Waals surface area (Å²) in [5, 5.41) is 0. The van der Waals surface area contributed by atoms with E-state index in [2.05, 4.69) is 20.7 Å². The zero-order chi connectivity index (χ0) is 13.6. The van der Waals surface area contributed by atoms with Crippen LogP contribution in [0.3, 0.4) is 0 Å². The minimum Gasteiger partial charge on any atom is -0.494 e. The molecule has 0 bridgehead atoms. The summed E-state index contributed by atoms with van der Waals surface area (Å²) in [5.74, 6) is 0.733. The Balaban J connectivity index is 2.43. The molecule has 0 amide bonds. The third-order valence-electron chi connectivity index (χ3n) is 2.08. The van der Waals surface area contributed by atoms with Gasteiger partial charge < -0.3 is 9.47 Å². The van der Waals surface area contributed by atoms with Gasteiger partial charge in [-0.3, -0.25) is 0 Å². The molecule has 0 aliphatic heterocycles. The molecule has 0 spiro atoms. The maximum Gasteiger partial charge on any atom is 0.411 e. The van der Waals surface area contributed by atoms with Gasteiger partial charge in [-0.1, -0.05) is 28.1 Å². The van der Waals surface area contributed by atoms with Gasteiger partial charge in [-0.25, -0.2) is 0 Å². The van der Waals surface area contributed by atoms with Crippen molar-refractivity contribution in [3.63, 3.8) is 0 Å². The third kappa shape index (κ3) is 5.73. The lowest BCUT2D eigenvalue weighted by molar-refractivity contribution is -0.173. The van der Waals surface area contributed by atoms with Crippen molar-refractivity contribution in [2.24, 2.45) is 0 Å². The van der Waals surface area contributed by atoms with E-state index < -0.39 is 12.8 Å². The Bertz CT molecular complexity index is 351. The number of alkyl halides is 4. The Labute approximate surface area is 112 Å². The first-order valence-corrected chi connectivity index (χ1v) is 6.35. The van der Waals surface area contributed by atoms with Crippen LogP contribution in [0.5, 0.6) is 5.75 Å². The van der Waals surface area contributed by atoms with Crippen molar-refractivity contribution in [3.8, 4) is 5.75 Å². The van der Waals surface area contributed by atoms with Crippen LogP contribution < -0.4 is 4.74 Å². The fourth-order valence-electron chi connectivity index (χ4n) is 1.31. The Morgan fingerprint density at radius 3 is 2.33 bits per heavy atom. The van der Waals surface area contributed by atoms with E-state index in [4.69, 9.17) is 4.74 Å². The van der Waals surface area contributed by atoms with Crippen LogP contribution in [-0.4, -0.2) is 26.0 Å². The molecule has 18 heavy (non-hydrogen) atoms. The van der Waals surface area contributed by atoms with Crippen LogP contribution in [0.1, 0.15) is 17.3 Å². The average Bonchev–Trinajstić information content (AvgIpc) is 2.28. The van der Waals surface area contributed by atoms with Crippen LogP contribution in [0.15, 0.2) is 24.3 Å². The largest absolute Gasteiger partial charge is 0.494 e. The minimum atomic E-state index is -4.29. The predicted molar refractivity (Wildman–Crippen MR) is 66.2 cm³/mol. The van der Waals surface area contributed by atoms with Crippen LogP contribution in [-0.2, 0) is 4.74 Å². The van der Waals surface area contributed by atoms with Crippen LogP contribution in [0.2, 0.25) is 0 Å². The molecular weight excluding hydrogens is 313 g/mol. The van der Waals surface area contributed by atoms with E-state index in [0.717, 1.165) is 11.3 Å². The van der Waals surface area contributed by atoms with Gasteiger partial charge in [0, 0.05) is 0 Å². The molecule has 1 aromatic rings. The Morgan fingerprint density at radius 1 is 1.22 bits per heavy atom. The highest BCUT2D eigenvalue weighted by molar-refractivity contribution is 9.09. The topological polar surface area (TPSA) is 18.5 Å². The highest BCUT2D eigenvalue weighted by Gasteiger charge is 2.27. The van der Waals surface area contributed by atoms with Crippen LogP contribution >= 0.6 is 15.9 Å². The molecule has 1 aromatic carbocycles. The van der Waals surface area contributed by atoms with E-state index in [1.165, 1.54) is 0 Å². The molecule has 102 valence electrons. The molecule has 0 aromatic heterocycles. The predicted octanol–water partition coefficient (Wildman–Crippen LogP) is 4.10. The molecular formula is C12H14BrF3O2. The SMILES string of the molecule is CCOc1ccc(C(Br)COCC(F)(F)F)cc1.